The fourth-order valence-electron chi connectivity index (χ4n) is 4.06. The molecule has 21 heavy (non-hydrogen) atoms. The predicted molar refractivity (Wildman–Crippen MR) is 82.9 cm³/mol. The van der Waals surface area contributed by atoms with Crippen LogP contribution in [0.2, 0.25) is 0 Å². The number of hydrogen-bond acceptors (Lipinski definition) is 3. The van der Waals surface area contributed by atoms with Gasteiger partial charge < -0.3 is 15.8 Å². The van der Waals surface area contributed by atoms with Gasteiger partial charge in [0.25, 0.3) is 5.91 Å². The maximum Gasteiger partial charge on any atom is 0.258 e. The van der Waals surface area contributed by atoms with E-state index in [1.54, 1.807) is 12.1 Å². The molecule has 3 N–H and O–H groups in total. The average molecular weight is 288 g/mol. The number of amides is 1. The summed E-state index contributed by atoms with van der Waals surface area (Å²) in [5.41, 5.74) is 6.35. The molecule has 4 nitrogen and oxygen atoms in total. The molecule has 3 rings (SSSR count). The topological polar surface area (TPSA) is 64.3 Å². The minimum absolute atomic E-state index is 0.0272. The lowest BCUT2D eigenvalue weighted by molar-refractivity contribution is -0.124. The fourth-order valence-corrected chi connectivity index (χ4v) is 4.06. The van der Waals surface area contributed by atoms with Crippen LogP contribution in [0.5, 0.6) is 5.75 Å². The summed E-state index contributed by atoms with van der Waals surface area (Å²) in [4.78, 5) is 12.0. The third-order valence-corrected chi connectivity index (χ3v) is 5.10. The van der Waals surface area contributed by atoms with Crippen LogP contribution in [0.25, 0.3) is 0 Å². The summed E-state index contributed by atoms with van der Waals surface area (Å²) in [6.45, 7) is 2.15. The average Bonchev–Trinajstić information content (AvgIpc) is 3.09. The highest BCUT2D eigenvalue weighted by Crippen LogP contribution is 2.49. The van der Waals surface area contributed by atoms with Crippen LogP contribution in [0.1, 0.15) is 32.6 Å². The van der Waals surface area contributed by atoms with Crippen LogP contribution in [0.4, 0.5) is 5.69 Å². The lowest BCUT2D eigenvalue weighted by Gasteiger charge is -2.28. The van der Waals surface area contributed by atoms with Gasteiger partial charge in [-0.3, -0.25) is 4.79 Å². The highest BCUT2D eigenvalue weighted by atomic mass is 16.5. The van der Waals surface area contributed by atoms with Gasteiger partial charge in [-0.15, -0.1) is 0 Å². The van der Waals surface area contributed by atoms with Crippen LogP contribution < -0.4 is 15.8 Å². The van der Waals surface area contributed by atoms with Gasteiger partial charge in [-0.1, -0.05) is 18.6 Å². The zero-order valence-electron chi connectivity index (χ0n) is 12.5. The first-order valence-electron chi connectivity index (χ1n) is 7.90. The Kier molecular flexibility index (Phi) is 4.04. The largest absolute Gasteiger partial charge is 0.482 e. The first-order valence-corrected chi connectivity index (χ1v) is 7.90. The van der Waals surface area contributed by atoms with Gasteiger partial charge in [0.2, 0.25) is 0 Å². The first kappa shape index (κ1) is 14.2. The molecule has 0 aliphatic heterocycles. The molecule has 114 valence electrons. The van der Waals surface area contributed by atoms with E-state index in [2.05, 4.69) is 12.2 Å². The van der Waals surface area contributed by atoms with Gasteiger partial charge in [-0.05, 0) is 56.1 Å². The fraction of sp³-hybridized carbons (Fsp3) is 0.588. The van der Waals surface area contributed by atoms with Crippen molar-refractivity contribution in [1.29, 1.82) is 0 Å². The Bertz CT molecular complexity index is 517. The summed E-state index contributed by atoms with van der Waals surface area (Å²) in [6.07, 6.45) is 5.37. The van der Waals surface area contributed by atoms with Gasteiger partial charge in [-0.25, -0.2) is 0 Å². The lowest BCUT2D eigenvalue weighted by Crippen LogP contribution is -2.42. The van der Waals surface area contributed by atoms with E-state index in [1.807, 2.05) is 12.1 Å². The summed E-state index contributed by atoms with van der Waals surface area (Å²) >= 11 is 0. The van der Waals surface area contributed by atoms with Crippen LogP contribution in [0.3, 0.4) is 0 Å². The van der Waals surface area contributed by atoms with Gasteiger partial charge in [0.1, 0.15) is 5.75 Å². The number of fused-ring (bicyclic) bond motifs is 2. The van der Waals surface area contributed by atoms with Crippen molar-refractivity contribution in [2.45, 2.75) is 38.6 Å². The van der Waals surface area contributed by atoms with Crippen molar-refractivity contribution in [3.63, 3.8) is 0 Å². The zero-order chi connectivity index (χ0) is 14.8. The summed E-state index contributed by atoms with van der Waals surface area (Å²) < 4.78 is 5.49. The molecule has 0 saturated heterocycles. The van der Waals surface area contributed by atoms with Crippen LogP contribution in [-0.2, 0) is 4.79 Å². The number of para-hydroxylation sites is 2. The normalized spacial score (nSPS) is 28.3. The van der Waals surface area contributed by atoms with Crippen LogP contribution in [0.15, 0.2) is 24.3 Å². The number of rotatable bonds is 5. The Morgan fingerprint density at radius 1 is 1.38 bits per heavy atom. The Hall–Kier alpha value is -1.71. The maximum absolute atomic E-state index is 12.0. The molecule has 2 aliphatic rings. The maximum atomic E-state index is 12.0. The van der Waals surface area contributed by atoms with Crippen LogP contribution >= 0.6 is 0 Å². The minimum atomic E-state index is -0.0615. The molecule has 1 amide bonds. The molecule has 4 atom stereocenters. The van der Waals surface area contributed by atoms with Gasteiger partial charge in [0, 0.05) is 6.04 Å². The molecular weight excluding hydrogens is 264 g/mol. The van der Waals surface area contributed by atoms with E-state index in [1.165, 1.54) is 25.7 Å². The van der Waals surface area contributed by atoms with Crippen molar-refractivity contribution >= 4 is 11.6 Å². The highest BCUT2D eigenvalue weighted by Gasteiger charge is 2.42. The Morgan fingerprint density at radius 3 is 2.86 bits per heavy atom. The third-order valence-electron chi connectivity index (χ3n) is 5.10. The molecule has 1 aromatic rings. The molecule has 2 saturated carbocycles. The van der Waals surface area contributed by atoms with Crippen molar-refractivity contribution < 1.29 is 9.53 Å². The van der Waals surface area contributed by atoms with Crippen molar-refractivity contribution in [3.8, 4) is 5.75 Å². The van der Waals surface area contributed by atoms with E-state index in [9.17, 15) is 4.79 Å². The molecular formula is C17H24N2O2. The zero-order valence-corrected chi connectivity index (χ0v) is 12.5. The smallest absolute Gasteiger partial charge is 0.258 e. The van der Waals surface area contributed by atoms with Crippen LogP contribution in [-0.4, -0.2) is 18.6 Å². The van der Waals surface area contributed by atoms with Crippen molar-refractivity contribution in [1.82, 2.24) is 5.32 Å². The molecule has 0 spiro atoms. The number of carbonyl (C=O) groups is 1. The summed E-state index contributed by atoms with van der Waals surface area (Å²) in [5, 5.41) is 3.09. The second kappa shape index (κ2) is 5.96. The number of benzene rings is 1. The monoisotopic (exact) mass is 288 g/mol. The Balaban J connectivity index is 1.47. The number of ether oxygens (including phenoxy) is 1. The number of carbonyl (C=O) groups excluding carboxylic acids is 1. The predicted octanol–water partition coefficient (Wildman–Crippen LogP) is 2.59. The molecule has 2 fully saturated rings. The molecule has 0 heterocycles. The standard InChI is InChI=1S/C17H24N2O2/c1-11(14-9-12-6-7-13(14)8-12)19-17(20)10-21-16-5-3-2-4-15(16)18/h2-5,11-14H,6-10,18H2,1H3,(H,19,20). The number of nitrogen functional groups attached to an aromatic ring is 1. The number of nitrogens with one attached hydrogen (secondary N) is 1. The van der Waals surface area contributed by atoms with Gasteiger partial charge in [0.15, 0.2) is 6.61 Å². The molecule has 4 unspecified atom stereocenters. The minimum Gasteiger partial charge on any atom is -0.482 e. The number of nitrogens with two attached hydrogens (primary N) is 1. The van der Waals surface area contributed by atoms with E-state index < -0.39 is 0 Å². The van der Waals surface area contributed by atoms with Crippen molar-refractivity contribution in [3.05, 3.63) is 24.3 Å². The van der Waals surface area contributed by atoms with Gasteiger partial charge in [0.05, 0.1) is 5.69 Å². The number of hydrogen-bond donors (Lipinski definition) is 2. The van der Waals surface area contributed by atoms with Crippen molar-refractivity contribution in [2.75, 3.05) is 12.3 Å². The van der Waals surface area contributed by atoms with E-state index in [0.717, 1.165) is 11.8 Å². The highest BCUT2D eigenvalue weighted by molar-refractivity contribution is 5.78. The van der Waals surface area contributed by atoms with Crippen molar-refractivity contribution in [2.24, 2.45) is 17.8 Å². The second-order valence-corrected chi connectivity index (χ2v) is 6.52. The summed E-state index contributed by atoms with van der Waals surface area (Å²) in [7, 11) is 0. The van der Waals surface area contributed by atoms with E-state index >= 15 is 0 Å². The molecule has 4 heteroatoms. The van der Waals surface area contributed by atoms with E-state index in [0.29, 0.717) is 17.4 Å². The summed E-state index contributed by atoms with van der Waals surface area (Å²) in [5.74, 6) is 2.87. The van der Waals surface area contributed by atoms with E-state index in [-0.39, 0.29) is 18.6 Å². The summed E-state index contributed by atoms with van der Waals surface area (Å²) in [6, 6.07) is 7.48. The molecule has 2 bridgehead atoms. The Labute approximate surface area is 126 Å². The number of anilines is 1. The molecule has 0 aromatic heterocycles. The van der Waals surface area contributed by atoms with Gasteiger partial charge in [-0.2, -0.15) is 0 Å². The third kappa shape index (κ3) is 3.14. The van der Waals surface area contributed by atoms with Gasteiger partial charge >= 0.3 is 0 Å². The van der Waals surface area contributed by atoms with E-state index in [4.69, 9.17) is 10.5 Å². The lowest BCUT2D eigenvalue weighted by atomic mass is 9.84. The second-order valence-electron chi connectivity index (χ2n) is 6.52. The molecule has 0 radical (unpaired) electrons. The Morgan fingerprint density at radius 2 is 2.19 bits per heavy atom. The SMILES string of the molecule is CC(NC(=O)COc1ccccc1N)C1CC2CCC1C2. The molecule has 1 aromatic carbocycles. The first-order chi connectivity index (χ1) is 10.1. The quantitative estimate of drug-likeness (QED) is 0.819. The molecule has 2 aliphatic carbocycles. The van der Waals surface area contributed by atoms with Crippen LogP contribution in [0, 0.1) is 17.8 Å².